The zero-order valence-electron chi connectivity index (χ0n) is 11.3. The van der Waals surface area contributed by atoms with E-state index >= 15 is 0 Å². The number of ether oxygens (including phenoxy) is 2. The number of nitrogen functional groups attached to an aromatic ring is 1. The van der Waals surface area contributed by atoms with Crippen LogP contribution >= 0.6 is 0 Å². The van der Waals surface area contributed by atoms with Crippen molar-refractivity contribution in [1.82, 2.24) is 19.5 Å². The summed E-state index contributed by atoms with van der Waals surface area (Å²) in [5, 5.41) is 0. The molecule has 0 aliphatic rings. The fourth-order valence-corrected chi connectivity index (χ4v) is 1.70. The van der Waals surface area contributed by atoms with Gasteiger partial charge in [-0.05, 0) is 13.3 Å². The van der Waals surface area contributed by atoms with Crippen LogP contribution in [0.4, 0.5) is 5.95 Å². The predicted molar refractivity (Wildman–Crippen MR) is 72.0 cm³/mol. The Morgan fingerprint density at radius 1 is 1.26 bits per heavy atom. The third-order valence-corrected chi connectivity index (χ3v) is 2.57. The van der Waals surface area contributed by atoms with E-state index in [0.29, 0.717) is 43.4 Å². The van der Waals surface area contributed by atoms with Gasteiger partial charge in [0.15, 0.2) is 11.2 Å². The molecule has 0 atom stereocenters. The smallest absolute Gasteiger partial charge is 0.247 e. The Balaban J connectivity index is 2.28. The van der Waals surface area contributed by atoms with Crippen LogP contribution in [0.5, 0.6) is 5.88 Å². The molecule has 0 fully saturated rings. The second-order valence-electron chi connectivity index (χ2n) is 4.04. The number of fused-ring (bicyclic) bond motifs is 1. The molecule has 0 spiro atoms. The number of hydrogen-bond acceptors (Lipinski definition) is 6. The molecular weight excluding hydrogens is 246 g/mol. The predicted octanol–water partition coefficient (Wildman–Crippen LogP) is 1.23. The zero-order chi connectivity index (χ0) is 13.7. The summed E-state index contributed by atoms with van der Waals surface area (Å²) < 4.78 is 12.8. The first-order valence-electron chi connectivity index (χ1n) is 6.45. The van der Waals surface area contributed by atoms with Crippen LogP contribution < -0.4 is 10.5 Å². The molecule has 0 radical (unpaired) electrons. The summed E-state index contributed by atoms with van der Waals surface area (Å²) in [4.78, 5) is 12.6. The molecule has 0 amide bonds. The highest BCUT2D eigenvalue weighted by atomic mass is 16.5. The summed E-state index contributed by atoms with van der Waals surface area (Å²) in [6.07, 6.45) is 2.60. The fourth-order valence-electron chi connectivity index (χ4n) is 1.70. The first kappa shape index (κ1) is 13.5. The zero-order valence-corrected chi connectivity index (χ0v) is 11.3. The SMILES string of the molecule is CCCOc1nc(N)nc2c1ncn2CCOCC. The molecule has 104 valence electrons. The van der Waals surface area contributed by atoms with Crippen molar-refractivity contribution in [3.63, 3.8) is 0 Å². The number of nitrogens with two attached hydrogens (primary N) is 1. The Bertz CT molecular complexity index is 540. The maximum Gasteiger partial charge on any atom is 0.247 e. The summed E-state index contributed by atoms with van der Waals surface area (Å²) >= 11 is 0. The van der Waals surface area contributed by atoms with Gasteiger partial charge in [-0.15, -0.1) is 0 Å². The Labute approximate surface area is 111 Å². The van der Waals surface area contributed by atoms with Crippen LogP contribution in [0.1, 0.15) is 20.3 Å². The number of nitrogens with zero attached hydrogens (tertiary/aromatic N) is 4. The van der Waals surface area contributed by atoms with Crippen LogP contribution in [0.15, 0.2) is 6.33 Å². The number of imidazole rings is 1. The van der Waals surface area contributed by atoms with E-state index < -0.39 is 0 Å². The van der Waals surface area contributed by atoms with Crippen molar-refractivity contribution >= 4 is 17.1 Å². The molecule has 2 N–H and O–H groups in total. The van der Waals surface area contributed by atoms with Crippen LogP contribution in [-0.2, 0) is 11.3 Å². The van der Waals surface area contributed by atoms with Crippen LogP contribution in [-0.4, -0.2) is 39.3 Å². The molecule has 0 aliphatic heterocycles. The van der Waals surface area contributed by atoms with Gasteiger partial charge in [-0.3, -0.25) is 0 Å². The number of aromatic nitrogens is 4. The molecule has 0 saturated heterocycles. The van der Waals surface area contributed by atoms with Gasteiger partial charge in [-0.1, -0.05) is 6.92 Å². The van der Waals surface area contributed by atoms with E-state index in [1.54, 1.807) is 6.33 Å². The summed E-state index contributed by atoms with van der Waals surface area (Å²) in [5.41, 5.74) is 7.02. The molecule has 0 saturated carbocycles. The standard InChI is InChI=1S/C12H19N5O2/c1-3-6-19-11-9-10(15-12(13)16-11)17(8-14-9)5-7-18-4-2/h8H,3-7H2,1-2H3,(H2,13,15,16). The van der Waals surface area contributed by atoms with Gasteiger partial charge in [-0.2, -0.15) is 9.97 Å². The van der Waals surface area contributed by atoms with Crippen LogP contribution in [0.25, 0.3) is 11.2 Å². The minimum absolute atomic E-state index is 0.191. The third kappa shape index (κ3) is 3.11. The lowest BCUT2D eigenvalue weighted by Gasteiger charge is -2.06. The molecule has 2 heterocycles. The van der Waals surface area contributed by atoms with Crippen LogP contribution in [0.3, 0.4) is 0 Å². The monoisotopic (exact) mass is 265 g/mol. The van der Waals surface area contributed by atoms with Crippen LogP contribution in [0, 0.1) is 0 Å². The lowest BCUT2D eigenvalue weighted by molar-refractivity contribution is 0.139. The topological polar surface area (TPSA) is 88.1 Å². The first-order valence-corrected chi connectivity index (χ1v) is 6.45. The third-order valence-electron chi connectivity index (χ3n) is 2.57. The van der Waals surface area contributed by atoms with E-state index in [4.69, 9.17) is 15.2 Å². The van der Waals surface area contributed by atoms with Crippen molar-refractivity contribution in [2.45, 2.75) is 26.8 Å². The van der Waals surface area contributed by atoms with Crippen molar-refractivity contribution < 1.29 is 9.47 Å². The Morgan fingerprint density at radius 2 is 2.11 bits per heavy atom. The molecule has 2 rings (SSSR count). The van der Waals surface area contributed by atoms with E-state index in [-0.39, 0.29) is 5.95 Å². The van der Waals surface area contributed by atoms with Gasteiger partial charge >= 0.3 is 0 Å². The fraction of sp³-hybridized carbons (Fsp3) is 0.583. The minimum Gasteiger partial charge on any atom is -0.476 e. The molecule has 0 aromatic carbocycles. The van der Waals surface area contributed by atoms with E-state index in [0.717, 1.165) is 6.42 Å². The molecule has 2 aromatic rings. The Hall–Kier alpha value is -1.89. The minimum atomic E-state index is 0.191. The van der Waals surface area contributed by atoms with E-state index in [2.05, 4.69) is 15.0 Å². The van der Waals surface area contributed by atoms with Crippen molar-refractivity contribution in [3.05, 3.63) is 6.33 Å². The largest absolute Gasteiger partial charge is 0.476 e. The molecular formula is C12H19N5O2. The maximum absolute atomic E-state index is 5.70. The second kappa shape index (κ2) is 6.33. The molecule has 7 nitrogen and oxygen atoms in total. The van der Waals surface area contributed by atoms with Gasteiger partial charge in [0.1, 0.15) is 0 Å². The van der Waals surface area contributed by atoms with Crippen molar-refractivity contribution in [1.29, 1.82) is 0 Å². The average Bonchev–Trinajstić information content (AvgIpc) is 2.79. The molecule has 0 aliphatic carbocycles. The molecule has 7 heteroatoms. The quantitative estimate of drug-likeness (QED) is 0.758. The van der Waals surface area contributed by atoms with Gasteiger partial charge in [0.05, 0.1) is 19.5 Å². The first-order chi connectivity index (χ1) is 9.26. The molecule has 0 bridgehead atoms. The van der Waals surface area contributed by atoms with E-state index in [1.807, 2.05) is 18.4 Å². The van der Waals surface area contributed by atoms with E-state index in [9.17, 15) is 0 Å². The van der Waals surface area contributed by atoms with Crippen molar-refractivity contribution in [3.8, 4) is 5.88 Å². The lowest BCUT2D eigenvalue weighted by atomic mass is 10.5. The van der Waals surface area contributed by atoms with Gasteiger partial charge in [0.25, 0.3) is 0 Å². The van der Waals surface area contributed by atoms with Gasteiger partial charge in [0, 0.05) is 13.2 Å². The highest BCUT2D eigenvalue weighted by Gasteiger charge is 2.13. The van der Waals surface area contributed by atoms with Gasteiger partial charge < -0.3 is 19.8 Å². The molecule has 19 heavy (non-hydrogen) atoms. The Kier molecular flexibility index (Phi) is 4.51. The normalized spacial score (nSPS) is 11.1. The Morgan fingerprint density at radius 3 is 2.84 bits per heavy atom. The average molecular weight is 265 g/mol. The second-order valence-corrected chi connectivity index (χ2v) is 4.04. The maximum atomic E-state index is 5.70. The number of anilines is 1. The number of rotatable bonds is 7. The van der Waals surface area contributed by atoms with Gasteiger partial charge in [0.2, 0.25) is 11.8 Å². The molecule has 0 unspecified atom stereocenters. The highest BCUT2D eigenvalue weighted by Crippen LogP contribution is 2.21. The summed E-state index contributed by atoms with van der Waals surface area (Å²) in [7, 11) is 0. The van der Waals surface area contributed by atoms with Crippen molar-refractivity contribution in [2.24, 2.45) is 0 Å². The summed E-state index contributed by atoms with van der Waals surface area (Å²) in [6.45, 7) is 6.54. The lowest BCUT2D eigenvalue weighted by Crippen LogP contribution is -2.07. The summed E-state index contributed by atoms with van der Waals surface area (Å²) in [5.74, 6) is 0.635. The highest BCUT2D eigenvalue weighted by molar-refractivity contribution is 5.77. The molecule has 2 aromatic heterocycles. The van der Waals surface area contributed by atoms with Crippen LogP contribution in [0.2, 0.25) is 0 Å². The van der Waals surface area contributed by atoms with E-state index in [1.165, 1.54) is 0 Å². The van der Waals surface area contributed by atoms with Gasteiger partial charge in [-0.25, -0.2) is 4.98 Å². The van der Waals surface area contributed by atoms with Crippen molar-refractivity contribution in [2.75, 3.05) is 25.6 Å². The number of hydrogen-bond donors (Lipinski definition) is 1. The summed E-state index contributed by atoms with van der Waals surface area (Å²) in [6, 6.07) is 0.